The standard InChI is InChI=1S/C14H6F5NOS/c15-9-6(10(16)12(18)13(19)11(9)17)5-22-14-20-7-3-1-2-4-8(7)21-14/h1-4H,5H2. The lowest BCUT2D eigenvalue weighted by Gasteiger charge is -2.06. The monoisotopic (exact) mass is 331 g/mol. The summed E-state index contributed by atoms with van der Waals surface area (Å²) in [5.74, 6) is -10.3. The van der Waals surface area contributed by atoms with Gasteiger partial charge in [-0.05, 0) is 12.1 Å². The van der Waals surface area contributed by atoms with Gasteiger partial charge in [0.15, 0.2) is 28.9 Å². The Kier molecular flexibility index (Phi) is 3.78. The molecule has 0 N–H and O–H groups in total. The van der Waals surface area contributed by atoms with Gasteiger partial charge in [-0.25, -0.2) is 26.9 Å². The van der Waals surface area contributed by atoms with Crippen LogP contribution in [0.25, 0.3) is 11.1 Å². The minimum Gasteiger partial charge on any atom is -0.431 e. The first kappa shape index (κ1) is 14.8. The summed E-state index contributed by atoms with van der Waals surface area (Å²) in [5.41, 5.74) is 0.0773. The Balaban J connectivity index is 1.90. The van der Waals surface area contributed by atoms with Crippen LogP contribution >= 0.6 is 11.8 Å². The molecule has 1 heterocycles. The van der Waals surface area contributed by atoms with Gasteiger partial charge < -0.3 is 4.42 Å². The smallest absolute Gasteiger partial charge is 0.257 e. The van der Waals surface area contributed by atoms with Gasteiger partial charge in [0, 0.05) is 11.3 Å². The van der Waals surface area contributed by atoms with Crippen LogP contribution in [-0.2, 0) is 5.75 Å². The average Bonchev–Trinajstić information content (AvgIpc) is 2.94. The molecule has 0 saturated carbocycles. The van der Waals surface area contributed by atoms with Crippen LogP contribution in [0.1, 0.15) is 5.56 Å². The van der Waals surface area contributed by atoms with E-state index in [2.05, 4.69) is 4.98 Å². The molecule has 0 aliphatic carbocycles. The number of fused-ring (bicyclic) bond motifs is 1. The summed E-state index contributed by atoms with van der Waals surface area (Å²) in [6.45, 7) is 0. The summed E-state index contributed by atoms with van der Waals surface area (Å²) in [7, 11) is 0. The van der Waals surface area contributed by atoms with E-state index in [4.69, 9.17) is 4.42 Å². The molecule has 3 aromatic rings. The van der Waals surface area contributed by atoms with Gasteiger partial charge >= 0.3 is 0 Å². The van der Waals surface area contributed by atoms with E-state index in [1.54, 1.807) is 24.3 Å². The second-order valence-electron chi connectivity index (χ2n) is 4.28. The van der Waals surface area contributed by atoms with Crippen molar-refractivity contribution in [2.24, 2.45) is 0 Å². The van der Waals surface area contributed by atoms with Gasteiger partial charge in [-0.1, -0.05) is 23.9 Å². The highest BCUT2D eigenvalue weighted by molar-refractivity contribution is 7.98. The SMILES string of the molecule is Fc1c(F)c(F)c(CSc2nc3ccccc3o2)c(F)c1F. The van der Waals surface area contributed by atoms with Gasteiger partial charge in [0.25, 0.3) is 5.22 Å². The molecule has 22 heavy (non-hydrogen) atoms. The highest BCUT2D eigenvalue weighted by Crippen LogP contribution is 2.30. The maximum atomic E-state index is 13.5. The molecule has 0 bridgehead atoms. The van der Waals surface area contributed by atoms with E-state index in [9.17, 15) is 22.0 Å². The van der Waals surface area contributed by atoms with Crippen molar-refractivity contribution in [2.45, 2.75) is 11.0 Å². The molecule has 0 aliphatic rings. The van der Waals surface area contributed by atoms with E-state index in [0.717, 1.165) is 11.8 Å². The Morgan fingerprint density at radius 2 is 1.45 bits per heavy atom. The van der Waals surface area contributed by atoms with E-state index >= 15 is 0 Å². The zero-order valence-corrected chi connectivity index (χ0v) is 11.5. The fourth-order valence-corrected chi connectivity index (χ4v) is 2.66. The van der Waals surface area contributed by atoms with Crippen LogP contribution in [0.4, 0.5) is 22.0 Å². The third kappa shape index (κ3) is 2.43. The van der Waals surface area contributed by atoms with Gasteiger partial charge in [0.1, 0.15) is 5.52 Å². The fraction of sp³-hybridized carbons (Fsp3) is 0.0714. The van der Waals surface area contributed by atoms with Crippen molar-refractivity contribution in [1.82, 2.24) is 4.98 Å². The molecule has 0 radical (unpaired) electrons. The first-order chi connectivity index (χ1) is 10.5. The molecule has 2 nitrogen and oxygen atoms in total. The number of hydrogen-bond acceptors (Lipinski definition) is 3. The molecule has 0 aliphatic heterocycles. The predicted molar refractivity (Wildman–Crippen MR) is 69.8 cm³/mol. The first-order valence-corrected chi connectivity index (χ1v) is 6.96. The van der Waals surface area contributed by atoms with E-state index < -0.39 is 40.4 Å². The van der Waals surface area contributed by atoms with Crippen LogP contribution in [0.3, 0.4) is 0 Å². The number of benzene rings is 2. The van der Waals surface area contributed by atoms with Crippen LogP contribution in [-0.4, -0.2) is 4.98 Å². The van der Waals surface area contributed by atoms with Crippen molar-refractivity contribution in [1.29, 1.82) is 0 Å². The zero-order valence-electron chi connectivity index (χ0n) is 10.7. The molecule has 0 atom stereocenters. The topological polar surface area (TPSA) is 26.0 Å². The maximum absolute atomic E-state index is 13.5. The van der Waals surface area contributed by atoms with Crippen molar-refractivity contribution >= 4 is 22.9 Å². The van der Waals surface area contributed by atoms with E-state index in [-0.39, 0.29) is 5.22 Å². The summed E-state index contributed by atoms with van der Waals surface area (Å²) in [5, 5.41) is 0.0742. The summed E-state index contributed by atoms with van der Waals surface area (Å²) in [4.78, 5) is 4.04. The predicted octanol–water partition coefficient (Wildman–Crippen LogP) is 4.82. The number of hydrogen-bond donors (Lipinski definition) is 0. The highest BCUT2D eigenvalue weighted by Gasteiger charge is 2.25. The van der Waals surface area contributed by atoms with Gasteiger partial charge in [0.05, 0.1) is 0 Å². The minimum atomic E-state index is -2.18. The van der Waals surface area contributed by atoms with Crippen LogP contribution in [0.2, 0.25) is 0 Å². The molecular formula is C14H6F5NOS. The quantitative estimate of drug-likeness (QED) is 0.298. The number of oxazole rings is 1. The summed E-state index contributed by atoms with van der Waals surface area (Å²) < 4.78 is 71.5. The van der Waals surface area contributed by atoms with E-state index in [0.29, 0.717) is 11.1 Å². The van der Waals surface area contributed by atoms with Crippen LogP contribution in [0.5, 0.6) is 0 Å². The number of aromatic nitrogens is 1. The Morgan fingerprint density at radius 1 is 0.864 bits per heavy atom. The molecule has 0 spiro atoms. The maximum Gasteiger partial charge on any atom is 0.257 e. The summed E-state index contributed by atoms with van der Waals surface area (Å²) in [6, 6.07) is 6.75. The number of para-hydroxylation sites is 2. The van der Waals surface area contributed by atoms with Crippen LogP contribution in [0.15, 0.2) is 33.9 Å². The third-order valence-electron chi connectivity index (χ3n) is 2.91. The molecule has 0 unspecified atom stereocenters. The molecule has 2 aromatic carbocycles. The second kappa shape index (κ2) is 5.60. The molecule has 0 fully saturated rings. The third-order valence-corrected chi connectivity index (χ3v) is 3.77. The van der Waals surface area contributed by atoms with Crippen LogP contribution < -0.4 is 0 Å². The van der Waals surface area contributed by atoms with E-state index in [1.807, 2.05) is 0 Å². The average molecular weight is 331 g/mol. The molecule has 0 saturated heterocycles. The van der Waals surface area contributed by atoms with Gasteiger partial charge in [-0.3, -0.25) is 0 Å². The van der Waals surface area contributed by atoms with Gasteiger partial charge in [-0.2, -0.15) is 0 Å². The lowest BCUT2D eigenvalue weighted by molar-refractivity contribution is 0.372. The lowest BCUT2D eigenvalue weighted by Crippen LogP contribution is -2.06. The largest absolute Gasteiger partial charge is 0.431 e. The van der Waals surface area contributed by atoms with Crippen molar-refractivity contribution in [2.75, 3.05) is 0 Å². The first-order valence-electron chi connectivity index (χ1n) is 5.97. The number of nitrogens with zero attached hydrogens (tertiary/aromatic N) is 1. The number of thioether (sulfide) groups is 1. The molecule has 8 heteroatoms. The van der Waals surface area contributed by atoms with Gasteiger partial charge in [0.2, 0.25) is 5.82 Å². The molecule has 0 amide bonds. The van der Waals surface area contributed by atoms with Gasteiger partial charge in [-0.15, -0.1) is 0 Å². The molecular weight excluding hydrogens is 325 g/mol. The Bertz CT molecular complexity index is 802. The summed E-state index contributed by atoms with van der Waals surface area (Å²) in [6.07, 6.45) is 0. The molecule has 114 valence electrons. The zero-order chi connectivity index (χ0) is 15.9. The fourth-order valence-electron chi connectivity index (χ4n) is 1.82. The van der Waals surface area contributed by atoms with E-state index in [1.165, 1.54) is 0 Å². The van der Waals surface area contributed by atoms with Crippen molar-refractivity contribution in [3.05, 3.63) is 58.9 Å². The Labute approximate surface area is 124 Å². The van der Waals surface area contributed by atoms with Crippen molar-refractivity contribution in [3.63, 3.8) is 0 Å². The molecule has 1 aromatic heterocycles. The van der Waals surface area contributed by atoms with Crippen molar-refractivity contribution < 1.29 is 26.4 Å². The Hall–Kier alpha value is -2.09. The number of rotatable bonds is 3. The normalized spacial score (nSPS) is 11.3. The summed E-state index contributed by atoms with van der Waals surface area (Å²) >= 11 is 0.737. The van der Waals surface area contributed by atoms with Crippen LogP contribution in [0, 0.1) is 29.1 Å². The second-order valence-corrected chi connectivity index (χ2v) is 5.21. The Morgan fingerprint density at radius 3 is 2.09 bits per heavy atom. The minimum absolute atomic E-state index is 0.0742. The number of halogens is 5. The highest BCUT2D eigenvalue weighted by atomic mass is 32.2. The van der Waals surface area contributed by atoms with Crippen molar-refractivity contribution in [3.8, 4) is 0 Å². The lowest BCUT2D eigenvalue weighted by atomic mass is 10.2. The molecule has 3 rings (SSSR count).